The molecule has 0 fully saturated rings. The SMILES string of the molecule is Cc1ccc(-c2cn3cc(Sc4ccccc4)ccc3n2)cc1. The molecule has 2 aromatic heterocycles. The Hall–Kier alpha value is -2.52. The Bertz CT molecular complexity index is 940. The fourth-order valence-corrected chi connectivity index (χ4v) is 3.39. The summed E-state index contributed by atoms with van der Waals surface area (Å²) >= 11 is 1.76. The summed E-state index contributed by atoms with van der Waals surface area (Å²) in [6, 6.07) is 23.1. The van der Waals surface area contributed by atoms with Gasteiger partial charge in [-0.25, -0.2) is 4.98 Å². The lowest BCUT2D eigenvalue weighted by molar-refractivity contribution is 1.13. The van der Waals surface area contributed by atoms with Crippen molar-refractivity contribution in [3.8, 4) is 11.3 Å². The van der Waals surface area contributed by atoms with Crippen LogP contribution in [0.25, 0.3) is 16.9 Å². The lowest BCUT2D eigenvalue weighted by atomic mass is 10.1. The second kappa shape index (κ2) is 5.94. The van der Waals surface area contributed by atoms with Gasteiger partial charge >= 0.3 is 0 Å². The second-order valence-corrected chi connectivity index (χ2v) is 6.68. The minimum atomic E-state index is 0.970. The molecule has 0 unspecified atom stereocenters. The third kappa shape index (κ3) is 3.01. The Morgan fingerprint density at radius 3 is 2.35 bits per heavy atom. The van der Waals surface area contributed by atoms with Crippen LogP contribution in [0.4, 0.5) is 0 Å². The molecule has 112 valence electrons. The Labute approximate surface area is 139 Å². The van der Waals surface area contributed by atoms with E-state index in [9.17, 15) is 0 Å². The predicted molar refractivity (Wildman–Crippen MR) is 95.9 cm³/mol. The van der Waals surface area contributed by atoms with Crippen molar-refractivity contribution >= 4 is 17.4 Å². The fourth-order valence-electron chi connectivity index (χ4n) is 2.52. The highest BCUT2D eigenvalue weighted by Crippen LogP contribution is 2.28. The number of hydrogen-bond acceptors (Lipinski definition) is 2. The highest BCUT2D eigenvalue weighted by Gasteiger charge is 2.05. The molecule has 0 spiro atoms. The van der Waals surface area contributed by atoms with Crippen molar-refractivity contribution < 1.29 is 0 Å². The molecule has 0 amide bonds. The standard InChI is InChI=1S/C20H16N2S/c1-15-7-9-16(10-8-15)19-14-22-13-18(11-12-20(22)21-19)23-17-5-3-2-4-6-17/h2-14H,1H3. The zero-order chi connectivity index (χ0) is 15.6. The average molecular weight is 316 g/mol. The van der Waals surface area contributed by atoms with Gasteiger partial charge in [-0.15, -0.1) is 0 Å². The summed E-state index contributed by atoms with van der Waals surface area (Å²) in [6.07, 6.45) is 4.23. The van der Waals surface area contributed by atoms with E-state index in [-0.39, 0.29) is 0 Å². The first-order chi connectivity index (χ1) is 11.3. The highest BCUT2D eigenvalue weighted by molar-refractivity contribution is 7.99. The Kier molecular flexibility index (Phi) is 3.64. The van der Waals surface area contributed by atoms with E-state index in [2.05, 4.69) is 84.4 Å². The molecule has 0 bridgehead atoms. The van der Waals surface area contributed by atoms with Gasteiger partial charge in [-0.2, -0.15) is 0 Å². The minimum absolute atomic E-state index is 0.970. The molecule has 2 nitrogen and oxygen atoms in total. The third-order valence-corrected chi connectivity index (χ3v) is 4.74. The molecule has 0 atom stereocenters. The van der Waals surface area contributed by atoms with E-state index < -0.39 is 0 Å². The summed E-state index contributed by atoms with van der Waals surface area (Å²) in [5, 5.41) is 0. The van der Waals surface area contributed by atoms with Crippen molar-refractivity contribution in [3.05, 3.63) is 84.7 Å². The van der Waals surface area contributed by atoms with E-state index in [0.717, 1.165) is 16.9 Å². The van der Waals surface area contributed by atoms with Crippen molar-refractivity contribution in [1.29, 1.82) is 0 Å². The number of imidazole rings is 1. The quantitative estimate of drug-likeness (QED) is 0.499. The van der Waals surface area contributed by atoms with Crippen LogP contribution < -0.4 is 0 Å². The molecule has 23 heavy (non-hydrogen) atoms. The van der Waals surface area contributed by atoms with Crippen LogP contribution in [-0.4, -0.2) is 9.38 Å². The average Bonchev–Trinajstić information content (AvgIpc) is 3.00. The van der Waals surface area contributed by atoms with Gasteiger partial charge in [0.2, 0.25) is 0 Å². The van der Waals surface area contributed by atoms with Crippen molar-refractivity contribution in [2.24, 2.45) is 0 Å². The molecule has 0 N–H and O–H groups in total. The second-order valence-electron chi connectivity index (χ2n) is 5.54. The Balaban J connectivity index is 1.68. The molecule has 4 aromatic rings. The lowest BCUT2D eigenvalue weighted by Gasteiger charge is -2.02. The van der Waals surface area contributed by atoms with E-state index in [1.807, 2.05) is 6.07 Å². The predicted octanol–water partition coefficient (Wildman–Crippen LogP) is 5.46. The summed E-state index contributed by atoms with van der Waals surface area (Å²) in [4.78, 5) is 7.16. The molecule has 0 aliphatic heterocycles. The van der Waals surface area contributed by atoms with E-state index in [1.54, 1.807) is 11.8 Å². The zero-order valence-corrected chi connectivity index (χ0v) is 13.6. The van der Waals surface area contributed by atoms with Crippen LogP contribution in [-0.2, 0) is 0 Å². The topological polar surface area (TPSA) is 17.3 Å². The first-order valence-electron chi connectivity index (χ1n) is 7.57. The monoisotopic (exact) mass is 316 g/mol. The summed E-state index contributed by atoms with van der Waals surface area (Å²) in [5.41, 5.74) is 4.39. The molecule has 2 heterocycles. The van der Waals surface area contributed by atoms with Crippen LogP contribution in [0, 0.1) is 6.92 Å². The van der Waals surface area contributed by atoms with Gasteiger partial charge in [-0.1, -0.05) is 59.8 Å². The van der Waals surface area contributed by atoms with Gasteiger partial charge in [0.15, 0.2) is 0 Å². The molecule has 0 saturated carbocycles. The minimum Gasteiger partial charge on any atom is -0.305 e. The van der Waals surface area contributed by atoms with Gasteiger partial charge in [-0.3, -0.25) is 0 Å². The molecule has 0 radical (unpaired) electrons. The van der Waals surface area contributed by atoms with Crippen LogP contribution in [0.3, 0.4) is 0 Å². The summed E-state index contributed by atoms with van der Waals surface area (Å²) in [6.45, 7) is 2.10. The van der Waals surface area contributed by atoms with E-state index in [4.69, 9.17) is 4.98 Å². The lowest BCUT2D eigenvalue weighted by Crippen LogP contribution is -1.83. The van der Waals surface area contributed by atoms with Gasteiger partial charge in [0.25, 0.3) is 0 Å². The number of aryl methyl sites for hydroxylation is 1. The molecule has 0 saturated heterocycles. The van der Waals surface area contributed by atoms with Crippen molar-refractivity contribution in [1.82, 2.24) is 9.38 Å². The fraction of sp³-hybridized carbons (Fsp3) is 0.0500. The summed E-state index contributed by atoms with van der Waals surface area (Å²) < 4.78 is 2.10. The number of rotatable bonds is 3. The number of hydrogen-bond donors (Lipinski definition) is 0. The van der Waals surface area contributed by atoms with Gasteiger partial charge in [-0.05, 0) is 31.2 Å². The molecule has 3 heteroatoms. The summed E-state index contributed by atoms with van der Waals surface area (Å²) in [5.74, 6) is 0. The molecule has 4 rings (SSSR count). The van der Waals surface area contributed by atoms with Crippen LogP contribution in [0.5, 0.6) is 0 Å². The first-order valence-corrected chi connectivity index (χ1v) is 8.38. The molecule has 2 aromatic carbocycles. The van der Waals surface area contributed by atoms with Crippen molar-refractivity contribution in [2.45, 2.75) is 16.7 Å². The van der Waals surface area contributed by atoms with Crippen LogP contribution in [0.2, 0.25) is 0 Å². The van der Waals surface area contributed by atoms with E-state index >= 15 is 0 Å². The maximum atomic E-state index is 4.71. The van der Waals surface area contributed by atoms with Gasteiger partial charge in [0.05, 0.1) is 5.69 Å². The van der Waals surface area contributed by atoms with Crippen LogP contribution >= 0.6 is 11.8 Å². The van der Waals surface area contributed by atoms with E-state index in [0.29, 0.717) is 0 Å². The van der Waals surface area contributed by atoms with Crippen LogP contribution in [0.1, 0.15) is 5.56 Å². The third-order valence-electron chi connectivity index (χ3n) is 3.75. The van der Waals surface area contributed by atoms with Gasteiger partial charge in [0, 0.05) is 27.7 Å². The normalized spacial score (nSPS) is 11.0. The highest BCUT2D eigenvalue weighted by atomic mass is 32.2. The van der Waals surface area contributed by atoms with Crippen molar-refractivity contribution in [2.75, 3.05) is 0 Å². The molecule has 0 aliphatic carbocycles. The summed E-state index contributed by atoms with van der Waals surface area (Å²) in [7, 11) is 0. The number of aromatic nitrogens is 2. The Morgan fingerprint density at radius 2 is 1.57 bits per heavy atom. The smallest absolute Gasteiger partial charge is 0.137 e. The van der Waals surface area contributed by atoms with E-state index in [1.165, 1.54) is 15.4 Å². The Morgan fingerprint density at radius 1 is 0.783 bits per heavy atom. The number of benzene rings is 2. The first kappa shape index (κ1) is 14.1. The number of fused-ring (bicyclic) bond motifs is 1. The zero-order valence-electron chi connectivity index (χ0n) is 12.8. The molecular weight excluding hydrogens is 300 g/mol. The maximum absolute atomic E-state index is 4.71. The van der Waals surface area contributed by atoms with Gasteiger partial charge in [0.1, 0.15) is 5.65 Å². The van der Waals surface area contributed by atoms with Crippen molar-refractivity contribution in [3.63, 3.8) is 0 Å². The van der Waals surface area contributed by atoms with Gasteiger partial charge < -0.3 is 4.40 Å². The number of pyridine rings is 1. The largest absolute Gasteiger partial charge is 0.305 e. The molecule has 0 aliphatic rings. The maximum Gasteiger partial charge on any atom is 0.137 e. The van der Waals surface area contributed by atoms with Crippen LogP contribution in [0.15, 0.2) is 88.9 Å². The molecular formula is C20H16N2S. The number of nitrogens with zero attached hydrogens (tertiary/aromatic N) is 2.